The van der Waals surface area contributed by atoms with Crippen molar-refractivity contribution >= 4 is 16.6 Å². The van der Waals surface area contributed by atoms with Crippen LogP contribution in [0.4, 0.5) is 23.2 Å². The number of fused-ring (bicyclic) bond motifs is 1. The lowest BCUT2D eigenvalue weighted by atomic mass is 10.0. The number of hydrogen-bond acceptors (Lipinski definition) is 7. The zero-order chi connectivity index (χ0) is 31.7. The van der Waals surface area contributed by atoms with Gasteiger partial charge in [0, 0.05) is 79.6 Å². The van der Waals surface area contributed by atoms with E-state index in [2.05, 4.69) is 14.9 Å². The van der Waals surface area contributed by atoms with Crippen molar-refractivity contribution in [2.45, 2.75) is 64.0 Å². The predicted molar refractivity (Wildman–Crippen MR) is 162 cm³/mol. The van der Waals surface area contributed by atoms with Gasteiger partial charge in [-0.2, -0.15) is 13.2 Å². The molecule has 1 saturated heterocycles. The molecule has 1 saturated carbocycles. The molecule has 0 bridgehead atoms. The smallest absolute Gasteiger partial charge is 0.417 e. The van der Waals surface area contributed by atoms with Gasteiger partial charge in [0.2, 0.25) is 0 Å². The first-order valence-corrected chi connectivity index (χ1v) is 15.1. The number of aliphatic hydroxyl groups excluding tert-OH is 1. The predicted octanol–water partition coefficient (Wildman–Crippen LogP) is 5.64. The monoisotopic (exact) mass is 625 g/mol. The van der Waals surface area contributed by atoms with Gasteiger partial charge in [-0.05, 0) is 62.4 Å². The average molecular weight is 626 g/mol. The Morgan fingerprint density at radius 1 is 1.11 bits per heavy atom. The summed E-state index contributed by atoms with van der Waals surface area (Å²) >= 11 is 0. The van der Waals surface area contributed by atoms with Crippen molar-refractivity contribution in [3.63, 3.8) is 0 Å². The van der Waals surface area contributed by atoms with E-state index in [4.69, 9.17) is 9.84 Å². The van der Waals surface area contributed by atoms with Crippen LogP contribution in [0.1, 0.15) is 54.1 Å². The normalized spacial score (nSPS) is 17.3. The number of anilines is 1. The number of aryl methyl sites for hydroxylation is 1. The van der Waals surface area contributed by atoms with Gasteiger partial charge < -0.3 is 19.3 Å². The van der Waals surface area contributed by atoms with E-state index in [-0.39, 0.29) is 48.4 Å². The standard InChI is InChI=1S/C33H35F4N5O3/c1-21-11-22(6-7-39-21)17-41(26-3-2-8-40(20-26)27-12-24(15-38-16-27)33(35,36)37)18-23-19-42(25-4-5-25)30-14-31(45-10-9-43)29(34)13-28(30)32(23)44/h6-7,11-16,19,25-26,43H,2-5,8-10,17-18,20H2,1H3/t26-/m0/s1. The summed E-state index contributed by atoms with van der Waals surface area (Å²) in [6, 6.07) is 7.88. The van der Waals surface area contributed by atoms with Crippen LogP contribution in [0, 0.1) is 12.7 Å². The summed E-state index contributed by atoms with van der Waals surface area (Å²) in [5.41, 5.74) is 2.29. The van der Waals surface area contributed by atoms with Crippen LogP contribution in [0.2, 0.25) is 0 Å². The molecule has 4 heterocycles. The SMILES string of the molecule is Cc1cc(CN(Cc2cn(C3CC3)c3cc(OCCO)c(F)cc3c2=O)[C@H]2CCCN(c3cncc(C(F)(F)F)c3)C2)ccn1. The zero-order valence-electron chi connectivity index (χ0n) is 24.9. The Hall–Kier alpha value is -4.03. The third-order valence-electron chi connectivity index (χ3n) is 8.50. The number of nitrogens with zero attached hydrogens (tertiary/aromatic N) is 5. The zero-order valence-corrected chi connectivity index (χ0v) is 24.9. The first-order chi connectivity index (χ1) is 21.6. The molecule has 1 N–H and O–H groups in total. The van der Waals surface area contributed by atoms with E-state index in [1.165, 1.54) is 18.3 Å². The number of aliphatic hydroxyl groups is 1. The number of rotatable bonds is 10. The largest absolute Gasteiger partial charge is 0.488 e. The van der Waals surface area contributed by atoms with Crippen molar-refractivity contribution in [2.24, 2.45) is 0 Å². The molecule has 2 fully saturated rings. The van der Waals surface area contributed by atoms with Crippen LogP contribution in [0.3, 0.4) is 0 Å². The van der Waals surface area contributed by atoms with E-state index in [0.29, 0.717) is 36.4 Å². The van der Waals surface area contributed by atoms with E-state index in [1.54, 1.807) is 6.20 Å². The number of benzene rings is 1. The minimum Gasteiger partial charge on any atom is -0.488 e. The van der Waals surface area contributed by atoms with Gasteiger partial charge in [0.1, 0.15) is 6.61 Å². The van der Waals surface area contributed by atoms with Gasteiger partial charge in [0.25, 0.3) is 0 Å². The number of pyridine rings is 3. The maximum absolute atomic E-state index is 15.0. The summed E-state index contributed by atoms with van der Waals surface area (Å²) in [7, 11) is 0. The minimum atomic E-state index is -4.49. The molecule has 12 heteroatoms. The lowest BCUT2D eigenvalue weighted by Gasteiger charge is -2.40. The van der Waals surface area contributed by atoms with E-state index in [0.717, 1.165) is 49.2 Å². The third-order valence-corrected chi connectivity index (χ3v) is 8.50. The molecule has 0 radical (unpaired) electrons. The lowest BCUT2D eigenvalue weighted by Crippen LogP contribution is -2.48. The van der Waals surface area contributed by atoms with Crippen LogP contribution >= 0.6 is 0 Å². The topological polar surface area (TPSA) is 83.7 Å². The highest BCUT2D eigenvalue weighted by Crippen LogP contribution is 2.38. The summed E-state index contributed by atoms with van der Waals surface area (Å²) in [5.74, 6) is -0.687. The van der Waals surface area contributed by atoms with Gasteiger partial charge in [-0.1, -0.05) is 0 Å². The van der Waals surface area contributed by atoms with Crippen molar-refractivity contribution in [2.75, 3.05) is 31.2 Å². The summed E-state index contributed by atoms with van der Waals surface area (Å²) in [6.07, 6.45) is 4.80. The van der Waals surface area contributed by atoms with E-state index in [1.807, 2.05) is 34.7 Å². The number of ether oxygens (including phenoxy) is 1. The molecule has 1 aliphatic carbocycles. The van der Waals surface area contributed by atoms with Crippen molar-refractivity contribution in [3.05, 3.63) is 93.5 Å². The fourth-order valence-electron chi connectivity index (χ4n) is 6.15. The summed E-state index contributed by atoms with van der Waals surface area (Å²) in [4.78, 5) is 26.2. The fourth-order valence-corrected chi connectivity index (χ4v) is 6.15. The van der Waals surface area contributed by atoms with Gasteiger partial charge >= 0.3 is 6.18 Å². The Morgan fingerprint density at radius 2 is 1.93 bits per heavy atom. The average Bonchev–Trinajstić information content (AvgIpc) is 3.87. The van der Waals surface area contributed by atoms with Crippen molar-refractivity contribution in [3.8, 4) is 5.75 Å². The van der Waals surface area contributed by atoms with Crippen LogP contribution in [0.25, 0.3) is 10.9 Å². The number of piperidine rings is 1. The van der Waals surface area contributed by atoms with Crippen molar-refractivity contribution in [1.29, 1.82) is 0 Å². The highest BCUT2D eigenvalue weighted by molar-refractivity contribution is 5.81. The molecule has 3 aromatic heterocycles. The molecule has 238 valence electrons. The van der Waals surface area contributed by atoms with E-state index in [9.17, 15) is 18.0 Å². The molecule has 0 spiro atoms. The van der Waals surface area contributed by atoms with Crippen molar-refractivity contribution in [1.82, 2.24) is 19.4 Å². The maximum atomic E-state index is 15.0. The molecule has 1 atom stereocenters. The number of alkyl halides is 3. The van der Waals surface area contributed by atoms with Crippen LogP contribution in [-0.2, 0) is 19.3 Å². The number of aromatic nitrogens is 3. The molecule has 8 nitrogen and oxygen atoms in total. The summed E-state index contributed by atoms with van der Waals surface area (Å²) < 4.78 is 62.8. The molecule has 6 rings (SSSR count). The Labute approximate surface area is 257 Å². The number of hydrogen-bond donors (Lipinski definition) is 1. The summed E-state index contributed by atoms with van der Waals surface area (Å²) in [5, 5.41) is 9.40. The van der Waals surface area contributed by atoms with E-state index >= 15 is 4.39 Å². The lowest BCUT2D eigenvalue weighted by molar-refractivity contribution is -0.137. The molecule has 1 aliphatic heterocycles. The second kappa shape index (κ2) is 12.8. The van der Waals surface area contributed by atoms with Crippen LogP contribution in [-0.4, -0.2) is 56.9 Å². The molecule has 2 aliphatic rings. The molecule has 45 heavy (non-hydrogen) atoms. The molecule has 1 aromatic carbocycles. The third kappa shape index (κ3) is 6.96. The second-order valence-corrected chi connectivity index (χ2v) is 11.9. The van der Waals surface area contributed by atoms with Crippen molar-refractivity contribution < 1.29 is 27.4 Å². The van der Waals surface area contributed by atoms with Gasteiger partial charge in [0.15, 0.2) is 17.0 Å². The van der Waals surface area contributed by atoms with Crippen LogP contribution < -0.4 is 15.1 Å². The first-order valence-electron chi connectivity index (χ1n) is 15.1. The molecular weight excluding hydrogens is 590 g/mol. The summed E-state index contributed by atoms with van der Waals surface area (Å²) in [6.45, 7) is 3.39. The first kappa shape index (κ1) is 31.0. The highest BCUT2D eigenvalue weighted by atomic mass is 19.4. The number of halogens is 4. The Kier molecular flexibility index (Phi) is 8.78. The van der Waals surface area contributed by atoms with Gasteiger partial charge in [-0.3, -0.25) is 19.7 Å². The molecule has 0 amide bonds. The maximum Gasteiger partial charge on any atom is 0.417 e. The molecule has 4 aromatic rings. The van der Waals surface area contributed by atoms with E-state index < -0.39 is 17.6 Å². The van der Waals surface area contributed by atoms with Crippen LogP contribution in [0.15, 0.2) is 59.9 Å². The quantitative estimate of drug-likeness (QED) is 0.229. The highest BCUT2D eigenvalue weighted by Gasteiger charge is 2.33. The Bertz CT molecular complexity index is 1740. The molecular formula is C33H35F4N5O3. The van der Waals surface area contributed by atoms with Gasteiger partial charge in [-0.25, -0.2) is 4.39 Å². The van der Waals surface area contributed by atoms with Gasteiger partial charge in [-0.15, -0.1) is 0 Å². The second-order valence-electron chi connectivity index (χ2n) is 11.9. The fraction of sp³-hybridized carbons (Fsp3) is 0.424. The molecule has 0 unspecified atom stereocenters. The van der Waals surface area contributed by atoms with Crippen LogP contribution in [0.5, 0.6) is 5.75 Å². The Balaban J connectivity index is 1.36. The Morgan fingerprint density at radius 3 is 2.67 bits per heavy atom. The minimum absolute atomic E-state index is 0.0147. The van der Waals surface area contributed by atoms with Gasteiger partial charge in [0.05, 0.1) is 29.6 Å².